The highest BCUT2D eigenvalue weighted by molar-refractivity contribution is 7.11. The van der Waals surface area contributed by atoms with E-state index < -0.39 is 12.1 Å². The number of carbonyl (C=O) groups excluding carboxylic acids is 2. The van der Waals surface area contributed by atoms with E-state index in [1.807, 2.05) is 0 Å². The highest BCUT2D eigenvalue weighted by Gasteiger charge is 2.18. The molecule has 0 saturated heterocycles. The molecule has 0 aliphatic heterocycles. The average Bonchev–Trinajstić information content (AvgIpc) is 2.82. The summed E-state index contributed by atoms with van der Waals surface area (Å²) in [6.45, 7) is 2.36. The summed E-state index contributed by atoms with van der Waals surface area (Å²) in [7, 11) is 1.55. The molecule has 0 aliphatic rings. The molecule has 6 heteroatoms. The van der Waals surface area contributed by atoms with Gasteiger partial charge < -0.3 is 14.8 Å². The summed E-state index contributed by atoms with van der Waals surface area (Å²) < 4.78 is 9.80. The molecule has 0 radical (unpaired) electrons. The van der Waals surface area contributed by atoms with Crippen LogP contribution in [0.4, 0.5) is 0 Å². The monoisotopic (exact) mass is 257 g/mol. The van der Waals surface area contributed by atoms with Crippen LogP contribution < -0.4 is 5.32 Å². The van der Waals surface area contributed by atoms with Crippen molar-refractivity contribution in [1.29, 1.82) is 0 Å². The lowest BCUT2D eigenvalue weighted by molar-refractivity contribution is -0.129. The maximum absolute atomic E-state index is 11.5. The Morgan fingerprint density at radius 2 is 2.29 bits per heavy atom. The van der Waals surface area contributed by atoms with Crippen molar-refractivity contribution in [1.82, 2.24) is 5.32 Å². The molecule has 1 rings (SSSR count). The summed E-state index contributed by atoms with van der Waals surface area (Å²) in [5.74, 6) is -0.804. The molecule has 0 aromatic carbocycles. The normalized spacial score (nSPS) is 11.9. The number of nitrogens with one attached hydrogen (secondary N) is 1. The molecule has 0 unspecified atom stereocenters. The molecule has 1 heterocycles. The summed E-state index contributed by atoms with van der Waals surface area (Å²) in [5.41, 5.74) is 0. The van der Waals surface area contributed by atoms with Gasteiger partial charge in [-0.25, -0.2) is 4.79 Å². The lowest BCUT2D eigenvalue weighted by Crippen LogP contribution is -2.37. The number of hydrogen-bond donors (Lipinski definition) is 1. The van der Waals surface area contributed by atoms with Crippen LogP contribution in [0.1, 0.15) is 16.6 Å². The molecule has 17 heavy (non-hydrogen) atoms. The predicted octanol–water partition coefficient (Wildman–Crippen LogP) is 1.06. The maximum atomic E-state index is 11.5. The van der Waals surface area contributed by atoms with Crippen molar-refractivity contribution in [2.45, 2.75) is 13.0 Å². The van der Waals surface area contributed by atoms with Gasteiger partial charge in [0.15, 0.2) is 6.10 Å². The maximum Gasteiger partial charge on any atom is 0.349 e. The zero-order valence-corrected chi connectivity index (χ0v) is 10.6. The van der Waals surface area contributed by atoms with Crippen molar-refractivity contribution in [3.63, 3.8) is 0 Å². The van der Waals surface area contributed by atoms with E-state index in [4.69, 9.17) is 9.47 Å². The Morgan fingerprint density at radius 3 is 2.88 bits per heavy atom. The average molecular weight is 257 g/mol. The van der Waals surface area contributed by atoms with Gasteiger partial charge in [0.2, 0.25) is 0 Å². The zero-order chi connectivity index (χ0) is 12.7. The third-order valence-electron chi connectivity index (χ3n) is 1.98. The number of amides is 1. The van der Waals surface area contributed by atoms with Gasteiger partial charge >= 0.3 is 5.97 Å². The minimum absolute atomic E-state index is 0.327. The molecule has 1 N–H and O–H groups in total. The molecule has 0 spiro atoms. The van der Waals surface area contributed by atoms with E-state index in [2.05, 4.69) is 5.32 Å². The first-order valence-corrected chi connectivity index (χ1v) is 6.04. The van der Waals surface area contributed by atoms with Crippen molar-refractivity contribution in [2.75, 3.05) is 20.3 Å². The number of thiophene rings is 1. The molecule has 94 valence electrons. The molecule has 5 nitrogen and oxygen atoms in total. The molecule has 1 aromatic heterocycles. The highest BCUT2D eigenvalue weighted by atomic mass is 32.1. The fraction of sp³-hybridized carbons (Fsp3) is 0.455. The largest absolute Gasteiger partial charge is 0.448 e. The van der Waals surface area contributed by atoms with Crippen molar-refractivity contribution in [3.8, 4) is 0 Å². The van der Waals surface area contributed by atoms with E-state index in [-0.39, 0.29) is 5.91 Å². The van der Waals surface area contributed by atoms with Crippen LogP contribution in [0.15, 0.2) is 17.5 Å². The molecular formula is C11H15NO4S. The van der Waals surface area contributed by atoms with Crippen LogP contribution in [0, 0.1) is 0 Å². The number of esters is 1. The quantitative estimate of drug-likeness (QED) is 0.611. The topological polar surface area (TPSA) is 64.6 Å². The van der Waals surface area contributed by atoms with Crippen LogP contribution in [0.3, 0.4) is 0 Å². The Hall–Kier alpha value is -1.40. The number of hydrogen-bond acceptors (Lipinski definition) is 5. The van der Waals surface area contributed by atoms with Crippen LogP contribution in [-0.2, 0) is 14.3 Å². The van der Waals surface area contributed by atoms with E-state index in [0.29, 0.717) is 18.0 Å². The number of carbonyl (C=O) groups is 2. The number of methoxy groups -OCH3 is 1. The lowest BCUT2D eigenvalue weighted by atomic mass is 10.3. The summed E-state index contributed by atoms with van der Waals surface area (Å²) in [6.07, 6.45) is -0.804. The Labute approximate surface area is 104 Å². The van der Waals surface area contributed by atoms with E-state index in [1.165, 1.54) is 18.3 Å². The lowest BCUT2D eigenvalue weighted by Gasteiger charge is -2.12. The Kier molecular flexibility index (Phi) is 5.65. The van der Waals surface area contributed by atoms with Crippen LogP contribution >= 0.6 is 11.3 Å². The van der Waals surface area contributed by atoms with Crippen LogP contribution in [0.2, 0.25) is 0 Å². The van der Waals surface area contributed by atoms with E-state index in [1.54, 1.807) is 24.6 Å². The van der Waals surface area contributed by atoms with Gasteiger partial charge in [-0.2, -0.15) is 0 Å². The van der Waals surface area contributed by atoms with Gasteiger partial charge in [-0.1, -0.05) is 6.07 Å². The third kappa shape index (κ3) is 4.54. The highest BCUT2D eigenvalue weighted by Crippen LogP contribution is 2.11. The van der Waals surface area contributed by atoms with Gasteiger partial charge in [-0.05, 0) is 18.4 Å². The van der Waals surface area contributed by atoms with Crippen molar-refractivity contribution >= 4 is 23.2 Å². The SMILES string of the molecule is COCCNC(=O)[C@@H](C)OC(=O)c1cccs1. The van der Waals surface area contributed by atoms with Crippen LogP contribution in [-0.4, -0.2) is 38.2 Å². The Bertz CT molecular complexity index is 364. The molecular weight excluding hydrogens is 242 g/mol. The molecule has 0 bridgehead atoms. The fourth-order valence-corrected chi connectivity index (χ4v) is 1.69. The zero-order valence-electron chi connectivity index (χ0n) is 9.76. The van der Waals surface area contributed by atoms with Gasteiger partial charge in [0, 0.05) is 13.7 Å². The first kappa shape index (κ1) is 13.7. The second-order valence-corrected chi connectivity index (χ2v) is 4.26. The molecule has 1 aromatic rings. The number of rotatable bonds is 6. The first-order valence-electron chi connectivity index (χ1n) is 5.16. The standard InChI is InChI=1S/C11H15NO4S/c1-8(10(13)12-5-6-15-2)16-11(14)9-4-3-7-17-9/h3-4,7-8H,5-6H2,1-2H3,(H,12,13)/t8-/m1/s1. The van der Waals surface area contributed by atoms with Crippen molar-refractivity contribution in [3.05, 3.63) is 22.4 Å². The number of ether oxygens (including phenoxy) is 2. The molecule has 1 atom stereocenters. The molecule has 0 fully saturated rings. The summed E-state index contributed by atoms with van der Waals surface area (Å²) in [4.78, 5) is 23.5. The second-order valence-electron chi connectivity index (χ2n) is 3.31. The summed E-state index contributed by atoms with van der Waals surface area (Å²) >= 11 is 1.28. The third-order valence-corrected chi connectivity index (χ3v) is 2.83. The smallest absolute Gasteiger partial charge is 0.349 e. The van der Waals surface area contributed by atoms with E-state index >= 15 is 0 Å². The first-order chi connectivity index (χ1) is 8.15. The van der Waals surface area contributed by atoms with Crippen molar-refractivity contribution in [2.24, 2.45) is 0 Å². The van der Waals surface area contributed by atoms with Crippen LogP contribution in [0.25, 0.3) is 0 Å². The van der Waals surface area contributed by atoms with E-state index in [0.717, 1.165) is 0 Å². The second kappa shape index (κ2) is 7.03. The molecule has 0 aliphatic carbocycles. The molecule has 0 saturated carbocycles. The van der Waals surface area contributed by atoms with Crippen molar-refractivity contribution < 1.29 is 19.1 Å². The summed E-state index contributed by atoms with van der Waals surface area (Å²) in [5, 5.41) is 4.37. The minimum atomic E-state index is -0.804. The van der Waals surface area contributed by atoms with Gasteiger partial charge in [-0.3, -0.25) is 4.79 Å². The predicted molar refractivity (Wildman–Crippen MR) is 64.1 cm³/mol. The minimum Gasteiger partial charge on any atom is -0.448 e. The Morgan fingerprint density at radius 1 is 1.53 bits per heavy atom. The fourth-order valence-electron chi connectivity index (χ4n) is 1.09. The summed E-state index contributed by atoms with van der Waals surface area (Å²) in [6, 6.07) is 3.41. The van der Waals surface area contributed by atoms with E-state index in [9.17, 15) is 9.59 Å². The van der Waals surface area contributed by atoms with Gasteiger partial charge in [0.25, 0.3) is 5.91 Å². The Balaban J connectivity index is 2.35. The van der Waals surface area contributed by atoms with Gasteiger partial charge in [0.05, 0.1) is 6.61 Å². The van der Waals surface area contributed by atoms with Crippen LogP contribution in [0.5, 0.6) is 0 Å². The molecule has 1 amide bonds. The van der Waals surface area contributed by atoms with Gasteiger partial charge in [-0.15, -0.1) is 11.3 Å². The van der Waals surface area contributed by atoms with Gasteiger partial charge in [0.1, 0.15) is 4.88 Å².